The lowest BCUT2D eigenvalue weighted by Gasteiger charge is -2.19. The fourth-order valence-corrected chi connectivity index (χ4v) is 2.12. The summed E-state index contributed by atoms with van der Waals surface area (Å²) in [4.78, 5) is 8.52. The molecule has 1 unspecified atom stereocenters. The van der Waals surface area contributed by atoms with Crippen LogP contribution in [0.25, 0.3) is 0 Å². The van der Waals surface area contributed by atoms with E-state index in [1.165, 1.54) is 6.33 Å². The zero-order chi connectivity index (χ0) is 14.4. The van der Waals surface area contributed by atoms with E-state index in [1.807, 2.05) is 7.05 Å². The number of hydrogen-bond donors (Lipinski definition) is 3. The fraction of sp³-hybridized carbons (Fsp3) is 0.714. The molecule has 0 bridgehead atoms. The molecule has 1 heterocycles. The molecule has 0 spiro atoms. The van der Waals surface area contributed by atoms with Crippen LogP contribution >= 0.6 is 0 Å². The predicted octanol–water partition coefficient (Wildman–Crippen LogP) is 2.46. The number of rotatable bonds is 7. The Morgan fingerprint density at radius 3 is 2.32 bits per heavy atom. The molecule has 1 aromatic heterocycles. The molecule has 0 aliphatic rings. The topological polar surface area (TPSA) is 70.1 Å². The maximum absolute atomic E-state index is 9.92. The number of nitrogens with zero attached hydrogens (tertiary/aromatic N) is 2. The van der Waals surface area contributed by atoms with Gasteiger partial charge in [0.05, 0.1) is 6.10 Å². The van der Waals surface area contributed by atoms with E-state index in [0.717, 1.165) is 23.6 Å². The van der Waals surface area contributed by atoms with E-state index >= 15 is 0 Å². The van der Waals surface area contributed by atoms with E-state index in [2.05, 4.69) is 48.3 Å². The number of aromatic nitrogens is 2. The molecule has 0 amide bonds. The van der Waals surface area contributed by atoms with Crippen molar-refractivity contribution in [1.29, 1.82) is 0 Å². The van der Waals surface area contributed by atoms with Gasteiger partial charge in [-0.15, -0.1) is 0 Å². The van der Waals surface area contributed by atoms with Gasteiger partial charge in [0, 0.05) is 19.2 Å². The van der Waals surface area contributed by atoms with Gasteiger partial charge in [0.2, 0.25) is 0 Å². The summed E-state index contributed by atoms with van der Waals surface area (Å²) in [6.45, 7) is 8.93. The van der Waals surface area contributed by atoms with Gasteiger partial charge in [-0.05, 0) is 18.3 Å². The Morgan fingerprint density at radius 2 is 1.79 bits per heavy atom. The summed E-state index contributed by atoms with van der Waals surface area (Å²) >= 11 is 0. The highest BCUT2D eigenvalue weighted by molar-refractivity contribution is 5.58. The zero-order valence-corrected chi connectivity index (χ0v) is 12.6. The third-order valence-corrected chi connectivity index (χ3v) is 2.95. The molecule has 1 atom stereocenters. The van der Waals surface area contributed by atoms with Crippen molar-refractivity contribution in [3.63, 3.8) is 0 Å². The summed E-state index contributed by atoms with van der Waals surface area (Å²) in [5.74, 6) is 2.44. The molecule has 5 nitrogen and oxygen atoms in total. The van der Waals surface area contributed by atoms with Crippen molar-refractivity contribution in [2.45, 2.75) is 46.1 Å². The van der Waals surface area contributed by atoms with Crippen molar-refractivity contribution in [2.24, 2.45) is 5.92 Å². The van der Waals surface area contributed by atoms with Crippen LogP contribution in [-0.4, -0.2) is 34.8 Å². The first-order valence-corrected chi connectivity index (χ1v) is 6.90. The first-order valence-electron chi connectivity index (χ1n) is 6.90. The summed E-state index contributed by atoms with van der Waals surface area (Å²) < 4.78 is 0. The van der Waals surface area contributed by atoms with Crippen LogP contribution in [0.3, 0.4) is 0 Å². The minimum atomic E-state index is -0.354. The monoisotopic (exact) mass is 266 g/mol. The third kappa shape index (κ3) is 4.67. The van der Waals surface area contributed by atoms with Gasteiger partial charge in [0.1, 0.15) is 18.0 Å². The predicted molar refractivity (Wildman–Crippen MR) is 79.6 cm³/mol. The molecule has 0 aromatic carbocycles. The zero-order valence-electron chi connectivity index (χ0n) is 12.6. The van der Waals surface area contributed by atoms with Crippen molar-refractivity contribution < 1.29 is 5.11 Å². The van der Waals surface area contributed by atoms with Gasteiger partial charge in [-0.1, -0.05) is 27.7 Å². The lowest BCUT2D eigenvalue weighted by Crippen LogP contribution is -2.22. The highest BCUT2D eigenvalue weighted by Crippen LogP contribution is 2.27. The first kappa shape index (κ1) is 15.7. The smallest absolute Gasteiger partial charge is 0.135 e. The Bertz CT molecular complexity index is 393. The molecule has 3 N–H and O–H groups in total. The normalized spacial score (nSPS) is 12.8. The Hall–Kier alpha value is -1.36. The number of nitrogens with one attached hydrogen (secondary N) is 2. The Kier molecular flexibility index (Phi) is 6.02. The lowest BCUT2D eigenvalue weighted by atomic mass is 10.0. The van der Waals surface area contributed by atoms with Gasteiger partial charge < -0.3 is 15.7 Å². The van der Waals surface area contributed by atoms with Gasteiger partial charge in [-0.25, -0.2) is 9.97 Å². The molecule has 0 saturated heterocycles. The average Bonchev–Trinajstić information content (AvgIpc) is 2.34. The van der Waals surface area contributed by atoms with E-state index < -0.39 is 0 Å². The first-order chi connectivity index (χ1) is 8.95. The maximum atomic E-state index is 9.92. The van der Waals surface area contributed by atoms with Gasteiger partial charge >= 0.3 is 0 Å². The van der Waals surface area contributed by atoms with Crippen LogP contribution < -0.4 is 10.6 Å². The maximum Gasteiger partial charge on any atom is 0.135 e. The molecule has 1 rings (SSSR count). The second-order valence-electron chi connectivity index (χ2n) is 5.55. The van der Waals surface area contributed by atoms with Gasteiger partial charge in [0.15, 0.2) is 0 Å². The molecule has 5 heteroatoms. The molecule has 0 aliphatic heterocycles. The number of aliphatic hydroxyl groups is 1. The second kappa shape index (κ2) is 7.28. The van der Waals surface area contributed by atoms with Crippen LogP contribution in [0.5, 0.6) is 0 Å². The van der Waals surface area contributed by atoms with Crippen molar-refractivity contribution in [2.75, 3.05) is 24.2 Å². The quantitative estimate of drug-likeness (QED) is 0.707. The summed E-state index contributed by atoms with van der Waals surface area (Å²) in [5, 5.41) is 16.2. The molecular formula is C14H26N4O. The van der Waals surface area contributed by atoms with E-state index in [0.29, 0.717) is 18.4 Å². The van der Waals surface area contributed by atoms with Crippen LogP contribution in [0.15, 0.2) is 6.33 Å². The average molecular weight is 266 g/mol. The number of hydrogen-bond acceptors (Lipinski definition) is 5. The minimum absolute atomic E-state index is 0.313. The molecule has 108 valence electrons. The van der Waals surface area contributed by atoms with Crippen LogP contribution in [0.4, 0.5) is 11.6 Å². The Morgan fingerprint density at radius 1 is 1.16 bits per heavy atom. The molecule has 0 radical (unpaired) electrons. The van der Waals surface area contributed by atoms with Crippen molar-refractivity contribution >= 4 is 11.6 Å². The molecule has 0 aliphatic carbocycles. The van der Waals surface area contributed by atoms with Gasteiger partial charge in [-0.3, -0.25) is 0 Å². The van der Waals surface area contributed by atoms with Crippen molar-refractivity contribution in [3.8, 4) is 0 Å². The van der Waals surface area contributed by atoms with E-state index in [1.54, 1.807) is 0 Å². The van der Waals surface area contributed by atoms with Gasteiger partial charge in [0.25, 0.3) is 0 Å². The van der Waals surface area contributed by atoms with E-state index in [9.17, 15) is 5.11 Å². The van der Waals surface area contributed by atoms with E-state index in [-0.39, 0.29) is 6.10 Å². The molecule has 19 heavy (non-hydrogen) atoms. The number of anilines is 2. The summed E-state index contributed by atoms with van der Waals surface area (Å²) in [5.41, 5.74) is 1.06. The summed E-state index contributed by atoms with van der Waals surface area (Å²) in [7, 11) is 1.85. The molecule has 1 aromatic rings. The number of aliphatic hydroxyl groups excluding tert-OH is 1. The second-order valence-corrected chi connectivity index (χ2v) is 5.55. The Labute approximate surface area is 115 Å². The van der Waals surface area contributed by atoms with Crippen LogP contribution in [0, 0.1) is 5.92 Å². The molecular weight excluding hydrogens is 240 g/mol. The SMILES string of the molecule is CNc1ncnc(NCC(O)CC(C)C)c1C(C)C. The van der Waals surface area contributed by atoms with Crippen molar-refractivity contribution in [3.05, 3.63) is 11.9 Å². The summed E-state index contributed by atoms with van der Waals surface area (Å²) in [6.07, 6.45) is 1.97. The highest BCUT2D eigenvalue weighted by Gasteiger charge is 2.15. The van der Waals surface area contributed by atoms with Crippen LogP contribution in [0.2, 0.25) is 0 Å². The molecule has 0 saturated carbocycles. The minimum Gasteiger partial charge on any atom is -0.391 e. The fourth-order valence-electron chi connectivity index (χ4n) is 2.12. The Balaban J connectivity index is 2.77. The summed E-state index contributed by atoms with van der Waals surface area (Å²) in [6, 6.07) is 0. The highest BCUT2D eigenvalue weighted by atomic mass is 16.3. The van der Waals surface area contributed by atoms with Crippen molar-refractivity contribution in [1.82, 2.24) is 9.97 Å². The lowest BCUT2D eigenvalue weighted by molar-refractivity contribution is 0.161. The largest absolute Gasteiger partial charge is 0.391 e. The van der Waals surface area contributed by atoms with E-state index in [4.69, 9.17) is 0 Å². The molecule has 0 fully saturated rings. The third-order valence-electron chi connectivity index (χ3n) is 2.95. The standard InChI is InChI=1S/C14H26N4O/c1-9(2)6-11(19)7-16-14-12(10(3)4)13(15-5)17-8-18-14/h8-11,19H,6-7H2,1-5H3,(H2,15,16,17,18). The van der Waals surface area contributed by atoms with Gasteiger partial charge in [-0.2, -0.15) is 0 Å². The van der Waals surface area contributed by atoms with Crippen LogP contribution in [0.1, 0.15) is 45.6 Å². The van der Waals surface area contributed by atoms with Crippen LogP contribution in [-0.2, 0) is 0 Å².